The maximum Gasteiger partial charge on any atom is 0.387 e. The molecule has 1 aliphatic carbocycles. The van der Waals surface area contributed by atoms with Gasteiger partial charge in [0.1, 0.15) is 11.3 Å². The van der Waals surface area contributed by atoms with Gasteiger partial charge in [0.25, 0.3) is 0 Å². The highest BCUT2D eigenvalue weighted by Crippen LogP contribution is 2.45. The molecule has 0 bridgehead atoms. The molecule has 0 radical (unpaired) electrons. The summed E-state index contributed by atoms with van der Waals surface area (Å²) in [5.41, 5.74) is -1.51. The van der Waals surface area contributed by atoms with E-state index in [2.05, 4.69) is 5.32 Å². The predicted molar refractivity (Wildman–Crippen MR) is 118 cm³/mol. The number of benzene rings is 1. The monoisotopic (exact) mass is 491 g/mol. The highest BCUT2D eigenvalue weighted by molar-refractivity contribution is 5.97. The van der Waals surface area contributed by atoms with Gasteiger partial charge in [0.15, 0.2) is 11.6 Å². The Balaban J connectivity index is 0.00000153. The first kappa shape index (κ1) is 25.1. The fraction of sp³-hybridized carbons (Fsp3) is 0.524. The highest BCUT2D eigenvalue weighted by atomic mass is 35.5. The van der Waals surface area contributed by atoms with Crippen LogP contribution in [-0.4, -0.2) is 53.4 Å². The van der Waals surface area contributed by atoms with E-state index < -0.39 is 35.1 Å². The Morgan fingerprint density at radius 1 is 1.24 bits per heavy atom. The Bertz CT molecular complexity index is 1110. The van der Waals surface area contributed by atoms with Crippen LogP contribution in [0.4, 0.5) is 18.9 Å². The van der Waals surface area contributed by atoms with Crippen molar-refractivity contribution < 1.29 is 33.3 Å². The first-order chi connectivity index (χ1) is 14.8. The molecule has 0 amide bonds. The number of anilines is 1. The summed E-state index contributed by atoms with van der Waals surface area (Å²) in [4.78, 5) is 26.0. The SMILES string of the molecule is Cl.O.O=C(O)c1cn(C2CC2)c2c(OC(F)F)c(N3C[C@@H]4CCCN[C@@H]4C3)c(F)cc2c1=O. The number of hydrogen-bond donors (Lipinski definition) is 2. The van der Waals surface area contributed by atoms with Crippen LogP contribution in [0.3, 0.4) is 0 Å². The van der Waals surface area contributed by atoms with E-state index in [0.717, 1.165) is 31.6 Å². The third-order valence-corrected chi connectivity index (χ3v) is 6.49. The largest absolute Gasteiger partial charge is 0.477 e. The summed E-state index contributed by atoms with van der Waals surface area (Å²) in [6, 6.07) is 0.942. The molecule has 3 heterocycles. The van der Waals surface area contributed by atoms with Gasteiger partial charge in [-0.15, -0.1) is 12.4 Å². The summed E-state index contributed by atoms with van der Waals surface area (Å²) in [6.45, 7) is -1.45. The molecule has 12 heteroatoms. The van der Waals surface area contributed by atoms with Gasteiger partial charge in [-0.1, -0.05) is 0 Å². The minimum absolute atomic E-state index is 0. The van der Waals surface area contributed by atoms with Crippen molar-refractivity contribution in [2.75, 3.05) is 24.5 Å². The third kappa shape index (κ3) is 4.36. The molecule has 8 nitrogen and oxygen atoms in total. The molecule has 0 spiro atoms. The average molecular weight is 492 g/mol. The first-order valence-electron chi connectivity index (χ1n) is 10.4. The molecule has 5 rings (SSSR count). The first-order valence-corrected chi connectivity index (χ1v) is 10.4. The van der Waals surface area contributed by atoms with Crippen molar-refractivity contribution in [2.24, 2.45) is 5.92 Å². The Labute approximate surface area is 193 Å². The van der Waals surface area contributed by atoms with Crippen LogP contribution in [0.2, 0.25) is 0 Å². The number of pyridine rings is 1. The van der Waals surface area contributed by atoms with Crippen molar-refractivity contribution in [2.45, 2.75) is 44.4 Å². The summed E-state index contributed by atoms with van der Waals surface area (Å²) < 4.78 is 48.5. The lowest BCUT2D eigenvalue weighted by Crippen LogP contribution is -2.40. The number of carbonyl (C=O) groups is 1. The number of piperidine rings is 1. The zero-order chi connectivity index (χ0) is 21.9. The zero-order valence-electron chi connectivity index (χ0n) is 17.5. The number of carboxylic acids is 1. The molecule has 1 aromatic carbocycles. The van der Waals surface area contributed by atoms with Crippen molar-refractivity contribution in [1.82, 2.24) is 9.88 Å². The average Bonchev–Trinajstić information content (AvgIpc) is 3.46. The summed E-state index contributed by atoms with van der Waals surface area (Å²) >= 11 is 0. The van der Waals surface area contributed by atoms with E-state index in [1.54, 1.807) is 4.90 Å². The van der Waals surface area contributed by atoms with Crippen molar-refractivity contribution in [3.8, 4) is 5.75 Å². The van der Waals surface area contributed by atoms with Crippen LogP contribution in [-0.2, 0) is 0 Å². The van der Waals surface area contributed by atoms with Gasteiger partial charge in [-0.2, -0.15) is 8.78 Å². The summed E-state index contributed by atoms with van der Waals surface area (Å²) in [7, 11) is 0. The molecule has 2 aromatic rings. The second-order valence-electron chi connectivity index (χ2n) is 8.49. The highest BCUT2D eigenvalue weighted by Gasteiger charge is 2.38. The number of hydrogen-bond acceptors (Lipinski definition) is 5. The Morgan fingerprint density at radius 3 is 2.58 bits per heavy atom. The number of nitrogens with one attached hydrogen (secondary N) is 1. The van der Waals surface area contributed by atoms with Crippen molar-refractivity contribution in [3.05, 3.63) is 33.9 Å². The standard InChI is InChI=1S/C21H22F3N3O4.ClH.H2O/c22-14-6-12-16(27(11-3-4-11)8-13(18(12)28)20(29)30)19(31-21(23)24)17(14)26-7-10-2-1-5-25-15(10)9-26;;/h6,8,10-11,15,21,25H,1-5,7,9H2,(H,29,30);1H;1H2/t10-,15+;;/m0../s1. The molecule has 3 fully saturated rings. The second-order valence-corrected chi connectivity index (χ2v) is 8.49. The lowest BCUT2D eigenvalue weighted by Gasteiger charge is -2.25. The van der Waals surface area contributed by atoms with E-state index in [0.29, 0.717) is 25.9 Å². The van der Waals surface area contributed by atoms with Crippen molar-refractivity contribution in [1.29, 1.82) is 0 Å². The number of alkyl halides is 2. The van der Waals surface area contributed by atoms with E-state index in [4.69, 9.17) is 4.74 Å². The van der Waals surface area contributed by atoms with Gasteiger partial charge in [0.05, 0.1) is 10.9 Å². The van der Waals surface area contributed by atoms with Crippen LogP contribution in [0, 0.1) is 11.7 Å². The van der Waals surface area contributed by atoms with Gasteiger partial charge in [-0.3, -0.25) is 4.79 Å². The summed E-state index contributed by atoms with van der Waals surface area (Å²) in [6.07, 6.45) is 4.53. The van der Waals surface area contributed by atoms with Crippen LogP contribution in [0.5, 0.6) is 5.75 Å². The number of aromatic nitrogens is 1. The fourth-order valence-corrected chi connectivity index (χ4v) is 4.96. The van der Waals surface area contributed by atoms with Crippen LogP contribution in [0.15, 0.2) is 17.1 Å². The van der Waals surface area contributed by atoms with Gasteiger partial charge < -0.3 is 30.1 Å². The molecule has 4 N–H and O–H groups in total. The van der Waals surface area contributed by atoms with Crippen LogP contribution >= 0.6 is 12.4 Å². The Hall–Kier alpha value is -2.50. The van der Waals surface area contributed by atoms with Gasteiger partial charge in [0.2, 0.25) is 5.43 Å². The number of aromatic carboxylic acids is 1. The molecule has 1 saturated carbocycles. The zero-order valence-corrected chi connectivity index (χ0v) is 18.3. The number of ether oxygens (including phenoxy) is 1. The smallest absolute Gasteiger partial charge is 0.387 e. The molecule has 182 valence electrons. The van der Waals surface area contributed by atoms with Crippen LogP contribution < -0.4 is 20.4 Å². The van der Waals surface area contributed by atoms with Crippen molar-refractivity contribution >= 4 is 35.0 Å². The lowest BCUT2D eigenvalue weighted by molar-refractivity contribution is -0.0488. The maximum absolute atomic E-state index is 15.3. The molecule has 2 aliphatic heterocycles. The lowest BCUT2D eigenvalue weighted by atomic mass is 9.94. The Kier molecular flexibility index (Phi) is 7.15. The third-order valence-electron chi connectivity index (χ3n) is 6.49. The number of nitrogens with zero attached hydrogens (tertiary/aromatic N) is 2. The second kappa shape index (κ2) is 9.40. The van der Waals surface area contributed by atoms with Gasteiger partial charge in [-0.05, 0) is 44.2 Å². The number of fused-ring (bicyclic) bond motifs is 2. The topological polar surface area (TPSA) is 115 Å². The number of halogens is 4. The van der Waals surface area contributed by atoms with Gasteiger partial charge in [-0.25, -0.2) is 9.18 Å². The summed E-state index contributed by atoms with van der Waals surface area (Å²) in [5, 5.41) is 12.5. The molecular formula is C21H25ClF3N3O5. The fourth-order valence-electron chi connectivity index (χ4n) is 4.96. The molecule has 0 unspecified atom stereocenters. The quantitative estimate of drug-likeness (QED) is 0.664. The van der Waals surface area contributed by atoms with E-state index in [1.807, 2.05) is 0 Å². The maximum atomic E-state index is 15.3. The van der Waals surface area contributed by atoms with E-state index in [1.165, 1.54) is 4.57 Å². The van der Waals surface area contributed by atoms with Gasteiger partial charge >= 0.3 is 12.6 Å². The van der Waals surface area contributed by atoms with E-state index in [-0.39, 0.29) is 52.5 Å². The molecule has 3 aliphatic rings. The number of rotatable bonds is 5. The minimum atomic E-state index is -3.23. The number of carboxylic acid groups (broad SMARTS) is 1. The van der Waals surface area contributed by atoms with Crippen LogP contribution in [0.25, 0.3) is 10.9 Å². The predicted octanol–water partition coefficient (Wildman–Crippen LogP) is 2.56. The van der Waals surface area contributed by atoms with Crippen molar-refractivity contribution in [3.63, 3.8) is 0 Å². The van der Waals surface area contributed by atoms with E-state index in [9.17, 15) is 23.5 Å². The Morgan fingerprint density at radius 2 is 1.97 bits per heavy atom. The molecule has 2 atom stereocenters. The summed E-state index contributed by atoms with van der Waals surface area (Å²) in [5.74, 6) is -2.45. The normalized spacial score (nSPS) is 22.0. The van der Waals surface area contributed by atoms with E-state index >= 15 is 4.39 Å². The minimum Gasteiger partial charge on any atom is -0.477 e. The van der Waals surface area contributed by atoms with Crippen LogP contribution in [0.1, 0.15) is 42.1 Å². The molecule has 2 saturated heterocycles. The molecule has 33 heavy (non-hydrogen) atoms. The molecule has 1 aromatic heterocycles. The molecular weight excluding hydrogens is 467 g/mol. The van der Waals surface area contributed by atoms with Gasteiger partial charge in [0, 0.05) is 31.4 Å².